The third kappa shape index (κ3) is 3.22. The molecule has 8 heteroatoms. The van der Waals surface area contributed by atoms with Gasteiger partial charge in [-0.05, 0) is 0 Å². The Kier molecular flexibility index (Phi) is 4.49. The van der Waals surface area contributed by atoms with Crippen molar-refractivity contribution in [1.82, 2.24) is 0 Å². The van der Waals surface area contributed by atoms with Crippen molar-refractivity contribution in [3.63, 3.8) is 0 Å². The van der Waals surface area contributed by atoms with Crippen LogP contribution in [0.4, 0.5) is 0 Å². The Labute approximate surface area is 55.6 Å². The van der Waals surface area contributed by atoms with Crippen molar-refractivity contribution >= 4 is 38.1 Å². The fourth-order valence-electron chi connectivity index (χ4n) is 0.151. The minimum atomic E-state index is 0.0694. The van der Waals surface area contributed by atoms with E-state index in [9.17, 15) is 0 Å². The van der Waals surface area contributed by atoms with Crippen LogP contribution in [-0.2, 0) is 16.9 Å². The smallest absolute Gasteiger partial charge is 0.349 e. The summed E-state index contributed by atoms with van der Waals surface area (Å²) >= 11 is 0. The molecule has 8 heavy (non-hydrogen) atoms. The van der Waals surface area contributed by atoms with Gasteiger partial charge in [-0.2, -0.15) is 0 Å². The van der Waals surface area contributed by atoms with Gasteiger partial charge in [0, 0.05) is 0 Å². The standard InChI is InChI=1S/H2O4P2Si2/c1-5-2-8-4-6-3-7-1/h5-6H. The largest absolute Gasteiger partial charge is 0.443 e. The maximum absolute atomic E-state index is 4.82. The van der Waals surface area contributed by atoms with Crippen LogP contribution in [0.15, 0.2) is 0 Å². The lowest BCUT2D eigenvalue weighted by atomic mass is 15.7. The van der Waals surface area contributed by atoms with Crippen molar-refractivity contribution in [3.05, 3.63) is 0 Å². The van der Waals surface area contributed by atoms with E-state index >= 15 is 0 Å². The van der Waals surface area contributed by atoms with Gasteiger partial charge >= 0.3 is 20.0 Å². The van der Waals surface area contributed by atoms with E-state index in [1.54, 1.807) is 0 Å². The second kappa shape index (κ2) is 4.96. The van der Waals surface area contributed by atoms with Crippen molar-refractivity contribution in [2.45, 2.75) is 0 Å². The highest BCUT2D eigenvalue weighted by Gasteiger charge is 2.01. The molecule has 1 aliphatic heterocycles. The molecule has 0 bridgehead atoms. The molecule has 1 fully saturated rings. The number of rotatable bonds is 0. The van der Waals surface area contributed by atoms with Crippen LogP contribution in [-0.4, -0.2) is 20.0 Å². The average Bonchev–Trinajstić information content (AvgIpc) is 1.62. The van der Waals surface area contributed by atoms with Gasteiger partial charge in [-0.1, -0.05) is 0 Å². The summed E-state index contributed by atoms with van der Waals surface area (Å²) < 4.78 is 19.3. The van der Waals surface area contributed by atoms with Gasteiger partial charge in [0.1, 0.15) is 18.1 Å². The SMILES string of the molecule is O1[Si]OPO[Si]OP1. The van der Waals surface area contributed by atoms with Crippen molar-refractivity contribution in [3.8, 4) is 0 Å². The zero-order valence-electron chi connectivity index (χ0n) is 3.63. The van der Waals surface area contributed by atoms with E-state index in [1.807, 2.05) is 0 Å². The van der Waals surface area contributed by atoms with Crippen LogP contribution in [0, 0.1) is 0 Å². The molecule has 0 aromatic heterocycles. The minimum Gasteiger partial charge on any atom is -0.349 e. The van der Waals surface area contributed by atoms with E-state index in [4.69, 9.17) is 16.9 Å². The molecule has 0 amide bonds. The quantitative estimate of drug-likeness (QED) is 0.396. The lowest BCUT2D eigenvalue weighted by Crippen LogP contribution is -2.00. The molecule has 0 aliphatic carbocycles. The van der Waals surface area contributed by atoms with Gasteiger partial charge in [0.15, 0.2) is 0 Å². The lowest BCUT2D eigenvalue weighted by molar-refractivity contribution is 0.406. The van der Waals surface area contributed by atoms with Gasteiger partial charge in [-0.3, -0.25) is 0 Å². The van der Waals surface area contributed by atoms with Gasteiger partial charge in [-0.15, -0.1) is 0 Å². The first-order valence-electron chi connectivity index (χ1n) is 1.63. The monoisotopic (exact) mass is 184 g/mol. The summed E-state index contributed by atoms with van der Waals surface area (Å²) in [6, 6.07) is 0. The van der Waals surface area contributed by atoms with E-state index in [0.717, 1.165) is 0 Å². The average molecular weight is 184 g/mol. The Morgan fingerprint density at radius 2 is 1.12 bits per heavy atom. The second-order valence-corrected chi connectivity index (χ2v) is 4.67. The van der Waals surface area contributed by atoms with Gasteiger partial charge in [0.05, 0.1) is 0 Å². The molecule has 44 valence electrons. The van der Waals surface area contributed by atoms with Crippen LogP contribution in [0.3, 0.4) is 0 Å². The zero-order valence-corrected chi connectivity index (χ0v) is 7.63. The van der Waals surface area contributed by atoms with E-state index in [0.29, 0.717) is 0 Å². The predicted molar refractivity (Wildman–Crippen MR) is 32.5 cm³/mol. The maximum atomic E-state index is 4.82. The highest BCUT2D eigenvalue weighted by Crippen LogP contribution is 2.20. The Bertz CT molecular complexity index is 36.0. The summed E-state index contributed by atoms with van der Waals surface area (Å²) in [6.07, 6.45) is 0. The van der Waals surface area contributed by atoms with Gasteiger partial charge in [0.25, 0.3) is 0 Å². The summed E-state index contributed by atoms with van der Waals surface area (Å²) in [5.41, 5.74) is 0. The molecule has 1 heterocycles. The first kappa shape index (κ1) is 7.24. The highest BCUT2D eigenvalue weighted by molar-refractivity contribution is 7.33. The summed E-state index contributed by atoms with van der Waals surface area (Å²) in [5.74, 6) is 0. The molecule has 1 rings (SSSR count). The van der Waals surface area contributed by atoms with Crippen molar-refractivity contribution in [1.29, 1.82) is 0 Å². The first-order chi connectivity index (χ1) is 4.00. The van der Waals surface area contributed by atoms with Crippen LogP contribution in [0.1, 0.15) is 0 Å². The normalized spacial score (nSPS) is 30.0. The van der Waals surface area contributed by atoms with Crippen molar-refractivity contribution in [2.24, 2.45) is 0 Å². The van der Waals surface area contributed by atoms with E-state index in [1.165, 1.54) is 0 Å². The maximum Gasteiger partial charge on any atom is 0.443 e. The Morgan fingerprint density at radius 1 is 0.750 bits per heavy atom. The molecule has 0 unspecified atom stereocenters. The predicted octanol–water partition coefficient (Wildman–Crippen LogP) is 0.152. The van der Waals surface area contributed by atoms with Crippen molar-refractivity contribution < 1.29 is 16.9 Å². The second-order valence-electron chi connectivity index (χ2n) is 0.742. The lowest BCUT2D eigenvalue weighted by Gasteiger charge is -2.06. The molecule has 1 aliphatic rings. The van der Waals surface area contributed by atoms with Crippen LogP contribution in [0.2, 0.25) is 0 Å². The van der Waals surface area contributed by atoms with Crippen molar-refractivity contribution in [2.75, 3.05) is 0 Å². The molecule has 4 radical (unpaired) electrons. The topological polar surface area (TPSA) is 36.9 Å². The number of hydrogen-bond donors (Lipinski definition) is 0. The summed E-state index contributed by atoms with van der Waals surface area (Å²) in [6.45, 7) is 0. The minimum absolute atomic E-state index is 0.0694. The van der Waals surface area contributed by atoms with Crippen LogP contribution in [0.5, 0.6) is 0 Å². The van der Waals surface area contributed by atoms with Gasteiger partial charge in [-0.25, -0.2) is 0 Å². The molecule has 0 saturated carbocycles. The molecule has 0 N–H and O–H groups in total. The molecule has 0 atom stereocenters. The molecule has 0 aromatic rings. The molecule has 0 aromatic carbocycles. The Balaban J connectivity index is 2.00. The highest BCUT2D eigenvalue weighted by atomic mass is 31.1. The van der Waals surface area contributed by atoms with Gasteiger partial charge < -0.3 is 16.9 Å². The molecular weight excluding hydrogens is 182 g/mol. The van der Waals surface area contributed by atoms with E-state index in [-0.39, 0.29) is 38.1 Å². The molecular formula is H2O4P2Si2. The number of hydrogen-bond acceptors (Lipinski definition) is 4. The fourth-order valence-corrected chi connectivity index (χ4v) is 2.86. The molecule has 4 nitrogen and oxygen atoms in total. The van der Waals surface area contributed by atoms with Crippen LogP contribution < -0.4 is 0 Å². The molecule has 0 spiro atoms. The van der Waals surface area contributed by atoms with E-state index in [2.05, 4.69) is 0 Å². The third-order valence-electron chi connectivity index (χ3n) is 0.333. The Hall–Kier alpha value is 1.13. The molecule has 1 saturated heterocycles. The van der Waals surface area contributed by atoms with E-state index < -0.39 is 0 Å². The van der Waals surface area contributed by atoms with Gasteiger partial charge in [0.2, 0.25) is 0 Å². The first-order valence-corrected chi connectivity index (χ1v) is 4.90. The summed E-state index contributed by atoms with van der Waals surface area (Å²) in [5, 5.41) is 0. The summed E-state index contributed by atoms with van der Waals surface area (Å²) in [7, 11) is 0.278. The third-order valence-corrected chi connectivity index (χ3v) is 3.00. The Morgan fingerprint density at radius 3 is 1.50 bits per heavy atom. The van der Waals surface area contributed by atoms with Crippen LogP contribution >= 0.6 is 18.1 Å². The summed E-state index contributed by atoms with van der Waals surface area (Å²) in [4.78, 5) is 0. The zero-order chi connectivity index (χ0) is 5.66. The fraction of sp³-hybridized carbons (Fsp3) is 0. The van der Waals surface area contributed by atoms with Crippen LogP contribution in [0.25, 0.3) is 0 Å².